The maximum Gasteiger partial charge on any atom is 0.242 e. The Balaban J connectivity index is 1.69. The van der Waals surface area contributed by atoms with Gasteiger partial charge in [-0.05, 0) is 37.6 Å². The van der Waals surface area contributed by atoms with E-state index in [-0.39, 0.29) is 5.91 Å². The molecule has 0 aliphatic rings. The Labute approximate surface area is 140 Å². The van der Waals surface area contributed by atoms with Gasteiger partial charge >= 0.3 is 0 Å². The third-order valence-electron chi connectivity index (χ3n) is 3.73. The number of carbonyl (C=O) groups excluding carboxylic acids is 1. The molecule has 0 radical (unpaired) electrons. The maximum absolute atomic E-state index is 12.3. The van der Waals surface area contributed by atoms with Crippen molar-refractivity contribution in [1.29, 1.82) is 0 Å². The quantitative estimate of drug-likeness (QED) is 0.754. The van der Waals surface area contributed by atoms with Gasteiger partial charge in [-0.15, -0.1) is 0 Å². The first-order valence-corrected chi connectivity index (χ1v) is 7.78. The number of nitrogens with zero attached hydrogens (tertiary/aromatic N) is 3. The lowest BCUT2D eigenvalue weighted by Gasteiger charge is -2.16. The van der Waals surface area contributed by atoms with E-state index in [1.165, 1.54) is 6.33 Å². The normalized spacial score (nSPS) is 11.9. The number of aromatic nitrogens is 3. The van der Waals surface area contributed by atoms with E-state index in [0.717, 1.165) is 22.0 Å². The summed E-state index contributed by atoms with van der Waals surface area (Å²) >= 11 is 0. The van der Waals surface area contributed by atoms with Crippen molar-refractivity contribution in [2.24, 2.45) is 0 Å². The van der Waals surface area contributed by atoms with Crippen molar-refractivity contribution in [3.05, 3.63) is 60.2 Å². The third kappa shape index (κ3) is 3.65. The lowest BCUT2D eigenvalue weighted by Crippen LogP contribution is -2.37. The zero-order valence-corrected chi connectivity index (χ0v) is 13.7. The van der Waals surface area contributed by atoms with E-state index in [2.05, 4.69) is 25.6 Å². The summed E-state index contributed by atoms with van der Waals surface area (Å²) < 4.78 is 0. The van der Waals surface area contributed by atoms with Gasteiger partial charge in [-0.3, -0.25) is 9.78 Å². The molecule has 2 heterocycles. The van der Waals surface area contributed by atoms with Crippen LogP contribution in [0.15, 0.2) is 49.1 Å². The number of fused-ring (bicyclic) bond motifs is 1. The summed E-state index contributed by atoms with van der Waals surface area (Å²) in [6.07, 6.45) is 4.94. The highest BCUT2D eigenvalue weighted by molar-refractivity contribution is 5.92. The van der Waals surface area contributed by atoms with E-state index in [4.69, 9.17) is 0 Å². The summed E-state index contributed by atoms with van der Waals surface area (Å²) in [6.45, 7) is 4.27. The fourth-order valence-corrected chi connectivity index (χ4v) is 2.40. The molecule has 0 spiro atoms. The Morgan fingerprint density at radius 1 is 1.25 bits per heavy atom. The lowest BCUT2D eigenvalue weighted by atomic mass is 10.1. The SMILES string of the molecule is Cc1ccc2ncnc(N[C@H](C)C(=O)NCc3cccnc3)c2c1. The van der Waals surface area contributed by atoms with E-state index < -0.39 is 6.04 Å². The minimum atomic E-state index is -0.416. The highest BCUT2D eigenvalue weighted by Gasteiger charge is 2.14. The highest BCUT2D eigenvalue weighted by Crippen LogP contribution is 2.20. The van der Waals surface area contributed by atoms with Gasteiger partial charge in [0.05, 0.1) is 5.52 Å². The molecule has 0 saturated carbocycles. The van der Waals surface area contributed by atoms with Gasteiger partial charge in [0.15, 0.2) is 0 Å². The van der Waals surface area contributed by atoms with E-state index in [1.807, 2.05) is 44.2 Å². The van der Waals surface area contributed by atoms with E-state index in [9.17, 15) is 4.79 Å². The fourth-order valence-electron chi connectivity index (χ4n) is 2.40. The second-order valence-electron chi connectivity index (χ2n) is 5.69. The smallest absolute Gasteiger partial charge is 0.242 e. The Bertz CT molecular complexity index is 850. The number of aryl methyl sites for hydroxylation is 1. The molecule has 6 nitrogen and oxygen atoms in total. The molecule has 3 aromatic rings. The Hall–Kier alpha value is -3.02. The number of hydrogen-bond donors (Lipinski definition) is 2. The number of nitrogens with one attached hydrogen (secondary N) is 2. The summed E-state index contributed by atoms with van der Waals surface area (Å²) in [4.78, 5) is 24.8. The summed E-state index contributed by atoms with van der Waals surface area (Å²) in [6, 6.07) is 9.32. The molecule has 0 saturated heterocycles. The molecule has 1 amide bonds. The van der Waals surface area contributed by atoms with Gasteiger partial charge in [0.1, 0.15) is 18.2 Å². The Morgan fingerprint density at radius 2 is 2.12 bits per heavy atom. The van der Waals surface area contributed by atoms with Gasteiger partial charge in [-0.25, -0.2) is 9.97 Å². The van der Waals surface area contributed by atoms with Crippen LogP contribution >= 0.6 is 0 Å². The van der Waals surface area contributed by atoms with Gasteiger partial charge in [-0.2, -0.15) is 0 Å². The van der Waals surface area contributed by atoms with Crippen LogP contribution in [0.5, 0.6) is 0 Å². The standard InChI is InChI=1S/C18H19N5O/c1-12-5-6-16-15(8-12)17(22-11-21-16)23-13(2)18(24)20-10-14-4-3-7-19-9-14/h3-9,11,13H,10H2,1-2H3,(H,20,24)(H,21,22,23)/t13-/m1/s1. The number of rotatable bonds is 5. The van der Waals surface area contributed by atoms with Crippen LogP contribution in [0.3, 0.4) is 0 Å². The van der Waals surface area contributed by atoms with Crippen LogP contribution in [0.1, 0.15) is 18.1 Å². The number of carbonyl (C=O) groups is 1. The van der Waals surface area contributed by atoms with Crippen molar-refractivity contribution in [3.63, 3.8) is 0 Å². The van der Waals surface area contributed by atoms with Crippen molar-refractivity contribution < 1.29 is 4.79 Å². The molecule has 0 aliphatic heterocycles. The van der Waals surface area contributed by atoms with Gasteiger partial charge < -0.3 is 10.6 Å². The zero-order chi connectivity index (χ0) is 16.9. The van der Waals surface area contributed by atoms with Crippen LogP contribution in [-0.2, 0) is 11.3 Å². The van der Waals surface area contributed by atoms with Crippen LogP contribution in [0.25, 0.3) is 10.9 Å². The number of benzene rings is 1. The van der Waals surface area contributed by atoms with Crippen LogP contribution in [-0.4, -0.2) is 26.9 Å². The molecule has 0 bridgehead atoms. The largest absolute Gasteiger partial charge is 0.358 e. The predicted molar refractivity (Wildman–Crippen MR) is 93.4 cm³/mol. The van der Waals surface area contributed by atoms with Crippen molar-refractivity contribution in [2.45, 2.75) is 26.4 Å². The average molecular weight is 321 g/mol. The molecule has 2 aromatic heterocycles. The predicted octanol–water partition coefficient (Wildman–Crippen LogP) is 2.45. The topological polar surface area (TPSA) is 79.8 Å². The number of pyridine rings is 1. The first kappa shape index (κ1) is 15.9. The molecule has 3 rings (SSSR count). The van der Waals surface area contributed by atoms with Gasteiger partial charge in [-0.1, -0.05) is 17.7 Å². The molecule has 24 heavy (non-hydrogen) atoms. The summed E-state index contributed by atoms with van der Waals surface area (Å²) in [5, 5.41) is 6.97. The second-order valence-corrected chi connectivity index (χ2v) is 5.69. The van der Waals surface area contributed by atoms with Crippen LogP contribution < -0.4 is 10.6 Å². The Morgan fingerprint density at radius 3 is 2.92 bits per heavy atom. The van der Waals surface area contributed by atoms with Crippen molar-refractivity contribution in [1.82, 2.24) is 20.3 Å². The molecule has 2 N–H and O–H groups in total. The molecule has 6 heteroatoms. The minimum Gasteiger partial charge on any atom is -0.358 e. The van der Waals surface area contributed by atoms with Crippen LogP contribution in [0, 0.1) is 6.92 Å². The minimum absolute atomic E-state index is 0.0988. The third-order valence-corrected chi connectivity index (χ3v) is 3.73. The average Bonchev–Trinajstić information content (AvgIpc) is 2.61. The van der Waals surface area contributed by atoms with E-state index in [1.54, 1.807) is 12.4 Å². The maximum atomic E-state index is 12.3. The van der Waals surface area contributed by atoms with Crippen molar-refractivity contribution in [2.75, 3.05) is 5.32 Å². The summed E-state index contributed by atoms with van der Waals surface area (Å²) in [5.74, 6) is 0.561. The van der Waals surface area contributed by atoms with E-state index >= 15 is 0 Å². The molecule has 1 atom stereocenters. The monoisotopic (exact) mass is 321 g/mol. The van der Waals surface area contributed by atoms with Gasteiger partial charge in [0.25, 0.3) is 0 Å². The summed E-state index contributed by atoms with van der Waals surface area (Å²) in [7, 11) is 0. The fraction of sp³-hybridized carbons (Fsp3) is 0.222. The number of hydrogen-bond acceptors (Lipinski definition) is 5. The van der Waals surface area contributed by atoms with Crippen LogP contribution in [0.2, 0.25) is 0 Å². The molecule has 0 unspecified atom stereocenters. The molecule has 0 aliphatic carbocycles. The molecule has 0 fully saturated rings. The van der Waals surface area contributed by atoms with Gasteiger partial charge in [0, 0.05) is 24.3 Å². The van der Waals surface area contributed by atoms with Gasteiger partial charge in [0.2, 0.25) is 5.91 Å². The Kier molecular flexibility index (Phi) is 4.65. The number of anilines is 1. The first-order valence-electron chi connectivity index (χ1n) is 7.78. The first-order chi connectivity index (χ1) is 11.6. The lowest BCUT2D eigenvalue weighted by molar-refractivity contribution is -0.121. The number of amides is 1. The molecular formula is C18H19N5O. The molecule has 1 aromatic carbocycles. The van der Waals surface area contributed by atoms with E-state index in [0.29, 0.717) is 12.4 Å². The molecule has 122 valence electrons. The molecular weight excluding hydrogens is 302 g/mol. The highest BCUT2D eigenvalue weighted by atomic mass is 16.2. The van der Waals surface area contributed by atoms with Crippen molar-refractivity contribution in [3.8, 4) is 0 Å². The van der Waals surface area contributed by atoms with Crippen molar-refractivity contribution >= 4 is 22.6 Å². The summed E-state index contributed by atoms with van der Waals surface area (Å²) in [5.41, 5.74) is 2.93. The second kappa shape index (κ2) is 7.04. The van der Waals surface area contributed by atoms with Crippen LogP contribution in [0.4, 0.5) is 5.82 Å². The zero-order valence-electron chi connectivity index (χ0n) is 13.7.